The summed E-state index contributed by atoms with van der Waals surface area (Å²) in [6.07, 6.45) is 5.59. The fraction of sp³-hybridized carbons (Fsp3) is 0. The van der Waals surface area contributed by atoms with E-state index in [4.69, 9.17) is 25.8 Å². The van der Waals surface area contributed by atoms with Crippen LogP contribution in [0.25, 0.3) is 6.08 Å². The Morgan fingerprint density at radius 1 is 0.719 bits per heavy atom. The highest BCUT2D eigenvalue weighted by molar-refractivity contribution is 6.32. The highest BCUT2D eigenvalue weighted by Gasteiger charge is 2.15. The van der Waals surface area contributed by atoms with E-state index in [1.54, 1.807) is 6.07 Å². The first-order chi connectivity index (χ1) is 15.3. The Bertz CT molecular complexity index is 1150. The standard InChI is InChI=1S/C24H17ClO7/c1-4-22(27)30-19-12-9-16(14-21(19)32-24(29)6-3)18(26)11-8-15-7-10-17(25)20(13-15)31-23(28)5-2/h4-14H,1-3H2. The van der Waals surface area contributed by atoms with Gasteiger partial charge in [0.25, 0.3) is 0 Å². The Balaban J connectivity index is 2.29. The van der Waals surface area contributed by atoms with Crippen molar-refractivity contribution in [3.8, 4) is 17.2 Å². The fourth-order valence-corrected chi connectivity index (χ4v) is 2.40. The molecule has 8 heteroatoms. The van der Waals surface area contributed by atoms with Gasteiger partial charge in [0.1, 0.15) is 5.75 Å². The largest absolute Gasteiger partial charge is 0.422 e. The summed E-state index contributed by atoms with van der Waals surface area (Å²) < 4.78 is 15.1. The minimum atomic E-state index is -0.802. The highest BCUT2D eigenvalue weighted by atomic mass is 35.5. The van der Waals surface area contributed by atoms with E-state index in [1.165, 1.54) is 42.5 Å². The molecule has 0 aliphatic heterocycles. The number of ether oxygens (including phenoxy) is 3. The lowest BCUT2D eigenvalue weighted by Gasteiger charge is -2.09. The first-order valence-electron chi connectivity index (χ1n) is 8.96. The quantitative estimate of drug-likeness (QED) is 0.239. The Labute approximate surface area is 188 Å². The van der Waals surface area contributed by atoms with Gasteiger partial charge in [-0.05, 0) is 42.0 Å². The minimum Gasteiger partial charge on any atom is -0.422 e. The maximum absolute atomic E-state index is 12.6. The monoisotopic (exact) mass is 452 g/mol. The Hall–Kier alpha value is -4.23. The molecule has 7 nitrogen and oxygen atoms in total. The lowest BCUT2D eigenvalue weighted by molar-refractivity contribution is -0.131. The van der Waals surface area contributed by atoms with Crippen molar-refractivity contribution in [3.05, 3.63) is 96.6 Å². The second-order valence-electron chi connectivity index (χ2n) is 5.92. The number of esters is 3. The van der Waals surface area contributed by atoms with Crippen molar-refractivity contribution in [2.75, 3.05) is 0 Å². The van der Waals surface area contributed by atoms with Crippen LogP contribution in [0.3, 0.4) is 0 Å². The molecule has 2 rings (SSSR count). The summed E-state index contributed by atoms with van der Waals surface area (Å²) in [7, 11) is 0. The second-order valence-corrected chi connectivity index (χ2v) is 6.33. The third kappa shape index (κ3) is 6.65. The number of halogens is 1. The number of hydrogen-bond acceptors (Lipinski definition) is 7. The highest BCUT2D eigenvalue weighted by Crippen LogP contribution is 2.30. The van der Waals surface area contributed by atoms with Crippen molar-refractivity contribution >= 4 is 41.4 Å². The van der Waals surface area contributed by atoms with Gasteiger partial charge in [0, 0.05) is 23.8 Å². The molecule has 162 valence electrons. The predicted octanol–water partition coefficient (Wildman–Crippen LogP) is 4.51. The lowest BCUT2D eigenvalue weighted by atomic mass is 10.1. The van der Waals surface area contributed by atoms with Gasteiger partial charge in [0.15, 0.2) is 17.3 Å². The number of allylic oxidation sites excluding steroid dienone is 1. The zero-order chi connectivity index (χ0) is 23.7. The average Bonchev–Trinajstić information content (AvgIpc) is 2.79. The molecular formula is C24H17ClO7. The average molecular weight is 453 g/mol. The zero-order valence-corrected chi connectivity index (χ0v) is 17.5. The van der Waals surface area contributed by atoms with Crippen LogP contribution in [-0.4, -0.2) is 23.7 Å². The van der Waals surface area contributed by atoms with E-state index >= 15 is 0 Å². The van der Waals surface area contributed by atoms with Crippen molar-refractivity contribution in [2.24, 2.45) is 0 Å². The molecule has 32 heavy (non-hydrogen) atoms. The molecule has 0 spiro atoms. The Morgan fingerprint density at radius 2 is 1.28 bits per heavy atom. The van der Waals surface area contributed by atoms with Crippen LogP contribution in [0.2, 0.25) is 5.02 Å². The number of hydrogen-bond donors (Lipinski definition) is 0. The van der Waals surface area contributed by atoms with Gasteiger partial charge < -0.3 is 14.2 Å². The third-order valence-electron chi connectivity index (χ3n) is 3.74. The van der Waals surface area contributed by atoms with Gasteiger partial charge >= 0.3 is 17.9 Å². The van der Waals surface area contributed by atoms with Crippen LogP contribution in [0, 0.1) is 0 Å². The van der Waals surface area contributed by atoms with Crippen molar-refractivity contribution in [1.29, 1.82) is 0 Å². The van der Waals surface area contributed by atoms with Gasteiger partial charge in [-0.2, -0.15) is 0 Å². The number of ketones is 1. The van der Waals surface area contributed by atoms with Crippen LogP contribution in [0.1, 0.15) is 15.9 Å². The van der Waals surface area contributed by atoms with Crippen molar-refractivity contribution in [3.63, 3.8) is 0 Å². The van der Waals surface area contributed by atoms with Crippen molar-refractivity contribution in [2.45, 2.75) is 0 Å². The molecule has 2 aromatic rings. The van der Waals surface area contributed by atoms with E-state index in [0.717, 1.165) is 18.2 Å². The van der Waals surface area contributed by atoms with Gasteiger partial charge in [0.05, 0.1) is 5.02 Å². The molecule has 0 atom stereocenters. The van der Waals surface area contributed by atoms with Crippen LogP contribution >= 0.6 is 11.6 Å². The first-order valence-corrected chi connectivity index (χ1v) is 9.34. The molecule has 0 bridgehead atoms. The van der Waals surface area contributed by atoms with Gasteiger partial charge in [-0.1, -0.05) is 43.5 Å². The second kappa shape index (κ2) is 11.2. The SMILES string of the molecule is C=CC(=O)Oc1cc(C=CC(=O)c2ccc(OC(=O)C=C)c(OC(=O)C=C)c2)ccc1Cl. The molecule has 0 fully saturated rings. The molecule has 0 aliphatic rings. The van der Waals surface area contributed by atoms with Crippen LogP contribution in [0.5, 0.6) is 17.2 Å². The maximum atomic E-state index is 12.6. The van der Waals surface area contributed by atoms with E-state index < -0.39 is 23.7 Å². The molecule has 0 heterocycles. The van der Waals surface area contributed by atoms with Gasteiger partial charge in [-0.15, -0.1) is 0 Å². The topological polar surface area (TPSA) is 96.0 Å². The van der Waals surface area contributed by atoms with Gasteiger partial charge in [-0.25, -0.2) is 14.4 Å². The van der Waals surface area contributed by atoms with Crippen LogP contribution in [-0.2, 0) is 14.4 Å². The smallest absolute Gasteiger partial charge is 0.335 e. The van der Waals surface area contributed by atoms with Crippen LogP contribution in [0.15, 0.2) is 80.4 Å². The Kier molecular flexibility index (Phi) is 8.45. The first kappa shape index (κ1) is 24.0. The summed E-state index contributed by atoms with van der Waals surface area (Å²) in [4.78, 5) is 47.0. The minimum absolute atomic E-state index is 0.0722. The third-order valence-corrected chi connectivity index (χ3v) is 4.05. The van der Waals surface area contributed by atoms with E-state index in [2.05, 4.69) is 19.7 Å². The number of carbonyl (C=O) groups excluding carboxylic acids is 4. The molecule has 0 unspecified atom stereocenters. The molecule has 2 aromatic carbocycles. The van der Waals surface area contributed by atoms with Crippen LogP contribution in [0.4, 0.5) is 0 Å². The van der Waals surface area contributed by atoms with E-state index in [-0.39, 0.29) is 27.8 Å². The maximum Gasteiger partial charge on any atom is 0.335 e. The molecule has 0 radical (unpaired) electrons. The van der Waals surface area contributed by atoms with Crippen molar-refractivity contribution in [1.82, 2.24) is 0 Å². The predicted molar refractivity (Wildman–Crippen MR) is 119 cm³/mol. The summed E-state index contributed by atoms with van der Waals surface area (Å²) in [5.41, 5.74) is 0.684. The van der Waals surface area contributed by atoms with E-state index in [0.29, 0.717) is 5.56 Å². The molecule has 0 N–H and O–H groups in total. The van der Waals surface area contributed by atoms with Crippen molar-refractivity contribution < 1.29 is 33.4 Å². The molecule has 0 amide bonds. The summed E-state index contributed by atoms with van der Waals surface area (Å²) in [6.45, 7) is 9.90. The fourth-order valence-electron chi connectivity index (χ4n) is 2.25. The molecule has 0 aromatic heterocycles. The van der Waals surface area contributed by atoms with E-state index in [1.807, 2.05) is 0 Å². The van der Waals surface area contributed by atoms with Crippen LogP contribution < -0.4 is 14.2 Å². The summed E-state index contributed by atoms with van der Waals surface area (Å²) in [6, 6.07) is 8.55. The van der Waals surface area contributed by atoms with E-state index in [9.17, 15) is 19.2 Å². The molecular weight excluding hydrogens is 436 g/mol. The zero-order valence-electron chi connectivity index (χ0n) is 16.7. The number of carbonyl (C=O) groups is 4. The van der Waals surface area contributed by atoms with Gasteiger partial charge in [-0.3, -0.25) is 4.79 Å². The number of benzene rings is 2. The molecule has 0 aliphatic carbocycles. The lowest BCUT2D eigenvalue weighted by Crippen LogP contribution is -2.09. The summed E-state index contributed by atoms with van der Waals surface area (Å²) in [5.74, 6) is -2.80. The van der Waals surface area contributed by atoms with Gasteiger partial charge in [0.2, 0.25) is 0 Å². The summed E-state index contributed by atoms with van der Waals surface area (Å²) >= 11 is 6.00. The molecule has 0 saturated carbocycles. The molecule has 0 saturated heterocycles. The Morgan fingerprint density at radius 3 is 1.88 bits per heavy atom. The number of rotatable bonds is 9. The normalized spacial score (nSPS) is 10.2. The summed E-state index contributed by atoms with van der Waals surface area (Å²) in [5, 5.41) is 0.210.